The molecule has 0 spiro atoms. The number of sulfonamides is 1. The van der Waals surface area contributed by atoms with E-state index >= 15 is 0 Å². The number of benzene rings is 3. The van der Waals surface area contributed by atoms with Gasteiger partial charge in [-0.2, -0.15) is 0 Å². The van der Waals surface area contributed by atoms with E-state index < -0.39 is 21.8 Å². The summed E-state index contributed by atoms with van der Waals surface area (Å²) in [4.78, 5) is 35.7. The smallest absolute Gasteiger partial charge is 0.264 e. The second kappa shape index (κ2) is 9.23. The fourth-order valence-corrected chi connectivity index (χ4v) is 3.69. The van der Waals surface area contributed by atoms with Crippen molar-refractivity contribution in [1.29, 1.82) is 0 Å². The molecule has 0 heterocycles. The number of carbonyl (C=O) groups is 3. The van der Waals surface area contributed by atoms with Crippen molar-refractivity contribution in [3.63, 3.8) is 0 Å². The summed E-state index contributed by atoms with van der Waals surface area (Å²) in [6, 6.07) is 20.5. The molecular weight excluding hydrogens is 418 g/mol. The van der Waals surface area contributed by atoms with Crippen molar-refractivity contribution < 1.29 is 22.8 Å². The quantitative estimate of drug-likeness (QED) is 0.547. The molecule has 0 fully saturated rings. The highest BCUT2D eigenvalue weighted by Gasteiger charge is 2.15. The summed E-state index contributed by atoms with van der Waals surface area (Å²) < 4.78 is 25.8. The molecule has 31 heavy (non-hydrogen) atoms. The lowest BCUT2D eigenvalue weighted by molar-refractivity contribution is -0.117. The molecule has 8 nitrogen and oxygen atoms in total. The highest BCUT2D eigenvalue weighted by atomic mass is 32.2. The molecule has 0 unspecified atom stereocenters. The van der Waals surface area contributed by atoms with Gasteiger partial charge in [0.15, 0.2) is 0 Å². The molecule has 0 aliphatic heterocycles. The minimum absolute atomic E-state index is 0.105. The van der Waals surface area contributed by atoms with Crippen LogP contribution in [0.15, 0.2) is 83.8 Å². The van der Waals surface area contributed by atoms with Crippen LogP contribution in [-0.2, 0) is 14.8 Å². The van der Waals surface area contributed by atoms with Crippen molar-refractivity contribution in [2.24, 2.45) is 0 Å². The topological polar surface area (TPSA) is 121 Å². The Morgan fingerprint density at radius 1 is 0.677 bits per heavy atom. The van der Waals surface area contributed by atoms with Gasteiger partial charge in [0.25, 0.3) is 21.8 Å². The molecule has 3 N–H and O–H groups in total. The van der Waals surface area contributed by atoms with Gasteiger partial charge in [0.2, 0.25) is 5.91 Å². The molecular formula is C22H19N3O5S. The van der Waals surface area contributed by atoms with E-state index in [9.17, 15) is 22.8 Å². The van der Waals surface area contributed by atoms with Crippen molar-refractivity contribution >= 4 is 39.1 Å². The summed E-state index contributed by atoms with van der Waals surface area (Å²) in [6.07, 6.45) is 0. The van der Waals surface area contributed by atoms with Gasteiger partial charge in [-0.25, -0.2) is 13.1 Å². The first kappa shape index (κ1) is 21.7. The second-order valence-corrected chi connectivity index (χ2v) is 8.22. The van der Waals surface area contributed by atoms with Gasteiger partial charge in [0.1, 0.15) is 0 Å². The molecule has 0 aliphatic rings. The monoisotopic (exact) mass is 437 g/mol. The van der Waals surface area contributed by atoms with E-state index in [4.69, 9.17) is 0 Å². The van der Waals surface area contributed by atoms with E-state index in [-0.39, 0.29) is 10.8 Å². The Kier molecular flexibility index (Phi) is 6.46. The van der Waals surface area contributed by atoms with Crippen LogP contribution in [0.5, 0.6) is 0 Å². The molecule has 0 saturated heterocycles. The van der Waals surface area contributed by atoms with Crippen LogP contribution in [0.3, 0.4) is 0 Å². The van der Waals surface area contributed by atoms with E-state index in [1.54, 1.807) is 42.5 Å². The maximum atomic E-state index is 12.6. The Morgan fingerprint density at radius 3 is 1.90 bits per heavy atom. The zero-order chi connectivity index (χ0) is 22.4. The number of rotatable bonds is 6. The standard InChI is InChI=1S/C22H19N3O5S/c1-15(26)25-31(29,30)20-12-10-18(11-13-20)23-22(28)17-8-5-9-19(14-17)24-21(27)16-6-3-2-4-7-16/h2-14H,1H3,(H,23,28)(H,24,27)(H,25,26). The maximum Gasteiger partial charge on any atom is 0.264 e. The van der Waals surface area contributed by atoms with Crippen LogP contribution in [0.1, 0.15) is 27.6 Å². The van der Waals surface area contributed by atoms with Crippen molar-refractivity contribution in [3.05, 3.63) is 90.0 Å². The van der Waals surface area contributed by atoms with Crippen LogP contribution in [0.25, 0.3) is 0 Å². The number of hydrogen-bond donors (Lipinski definition) is 3. The third-order valence-corrected chi connectivity index (χ3v) is 5.57. The zero-order valence-electron chi connectivity index (χ0n) is 16.5. The van der Waals surface area contributed by atoms with Crippen molar-refractivity contribution in [1.82, 2.24) is 4.72 Å². The van der Waals surface area contributed by atoms with Crippen LogP contribution in [0, 0.1) is 0 Å². The molecule has 0 bridgehead atoms. The third kappa shape index (κ3) is 5.77. The molecule has 0 aromatic heterocycles. The number of carbonyl (C=O) groups excluding carboxylic acids is 3. The van der Waals surface area contributed by atoms with Crippen molar-refractivity contribution in [2.45, 2.75) is 11.8 Å². The summed E-state index contributed by atoms with van der Waals surface area (Å²) in [5.41, 5.74) is 1.62. The van der Waals surface area contributed by atoms with Gasteiger partial charge >= 0.3 is 0 Å². The number of nitrogens with one attached hydrogen (secondary N) is 3. The Balaban J connectivity index is 1.69. The largest absolute Gasteiger partial charge is 0.322 e. The number of amides is 3. The second-order valence-electron chi connectivity index (χ2n) is 6.54. The van der Waals surface area contributed by atoms with Gasteiger partial charge in [-0.1, -0.05) is 24.3 Å². The molecule has 0 atom stereocenters. The summed E-state index contributed by atoms with van der Waals surface area (Å²) >= 11 is 0. The average molecular weight is 437 g/mol. The summed E-state index contributed by atoms with van der Waals surface area (Å²) in [7, 11) is -3.95. The molecule has 9 heteroatoms. The number of anilines is 2. The van der Waals surface area contributed by atoms with Gasteiger partial charge in [0.05, 0.1) is 4.90 Å². The summed E-state index contributed by atoms with van der Waals surface area (Å²) in [6.45, 7) is 1.10. The zero-order valence-corrected chi connectivity index (χ0v) is 17.3. The lowest BCUT2D eigenvalue weighted by Gasteiger charge is -2.09. The van der Waals surface area contributed by atoms with Crippen LogP contribution < -0.4 is 15.4 Å². The Morgan fingerprint density at radius 2 is 1.26 bits per heavy atom. The first-order valence-electron chi connectivity index (χ1n) is 9.16. The van der Waals surface area contributed by atoms with E-state index in [0.29, 0.717) is 22.5 Å². The highest BCUT2D eigenvalue weighted by Crippen LogP contribution is 2.17. The molecule has 3 aromatic carbocycles. The SMILES string of the molecule is CC(=O)NS(=O)(=O)c1ccc(NC(=O)c2cccc(NC(=O)c3ccccc3)c2)cc1. The first-order valence-corrected chi connectivity index (χ1v) is 10.6. The lowest BCUT2D eigenvalue weighted by atomic mass is 10.1. The van der Waals surface area contributed by atoms with Crippen molar-refractivity contribution in [2.75, 3.05) is 10.6 Å². The predicted molar refractivity (Wildman–Crippen MR) is 116 cm³/mol. The van der Waals surface area contributed by atoms with Crippen LogP contribution in [0.2, 0.25) is 0 Å². The third-order valence-electron chi connectivity index (χ3n) is 4.12. The van der Waals surface area contributed by atoms with Gasteiger partial charge in [0, 0.05) is 29.4 Å². The van der Waals surface area contributed by atoms with Crippen molar-refractivity contribution in [3.8, 4) is 0 Å². The highest BCUT2D eigenvalue weighted by molar-refractivity contribution is 7.90. The molecule has 0 aliphatic carbocycles. The minimum Gasteiger partial charge on any atom is -0.322 e. The van der Waals surface area contributed by atoms with E-state index in [2.05, 4.69) is 10.6 Å². The first-order chi connectivity index (χ1) is 14.7. The number of hydrogen-bond acceptors (Lipinski definition) is 5. The molecule has 3 amide bonds. The van der Waals surface area contributed by atoms with Crippen LogP contribution >= 0.6 is 0 Å². The predicted octanol–water partition coefficient (Wildman–Crippen LogP) is 3.02. The van der Waals surface area contributed by atoms with E-state index in [1.807, 2.05) is 10.8 Å². The molecule has 0 saturated carbocycles. The molecule has 158 valence electrons. The van der Waals surface area contributed by atoms with Crippen LogP contribution in [0.4, 0.5) is 11.4 Å². The van der Waals surface area contributed by atoms with E-state index in [1.165, 1.54) is 30.3 Å². The van der Waals surface area contributed by atoms with E-state index in [0.717, 1.165) is 6.92 Å². The van der Waals surface area contributed by atoms with Gasteiger partial charge in [-0.3, -0.25) is 14.4 Å². The summed E-state index contributed by atoms with van der Waals surface area (Å²) in [5, 5.41) is 5.39. The Bertz CT molecular complexity index is 1220. The Labute approximate surface area is 179 Å². The van der Waals surface area contributed by atoms with Gasteiger partial charge < -0.3 is 10.6 Å². The summed E-state index contributed by atoms with van der Waals surface area (Å²) in [5.74, 6) is -1.43. The Hall–Kier alpha value is -3.98. The normalized spacial score (nSPS) is 10.7. The molecule has 3 rings (SSSR count). The molecule has 3 aromatic rings. The lowest BCUT2D eigenvalue weighted by Crippen LogP contribution is -2.28. The fourth-order valence-electron chi connectivity index (χ4n) is 2.70. The van der Waals surface area contributed by atoms with Gasteiger partial charge in [-0.05, 0) is 54.6 Å². The fraction of sp³-hybridized carbons (Fsp3) is 0.0455. The average Bonchev–Trinajstić information content (AvgIpc) is 2.74. The van der Waals surface area contributed by atoms with Crippen LogP contribution in [-0.4, -0.2) is 26.1 Å². The molecule has 0 radical (unpaired) electrons. The van der Waals surface area contributed by atoms with Gasteiger partial charge in [-0.15, -0.1) is 0 Å². The minimum atomic E-state index is -3.95. The maximum absolute atomic E-state index is 12.6.